The van der Waals surface area contributed by atoms with Crippen molar-refractivity contribution in [2.24, 2.45) is 5.92 Å². The minimum atomic E-state index is -0.229. The first kappa shape index (κ1) is 27.5. The summed E-state index contributed by atoms with van der Waals surface area (Å²) in [7, 11) is 0. The number of thiocarbonyl (C=S) groups is 1. The number of carbonyl (C=O) groups is 1. The Morgan fingerprint density at radius 2 is 1.89 bits per heavy atom. The maximum absolute atomic E-state index is 13.4. The highest BCUT2D eigenvalue weighted by atomic mass is 32.2. The molecule has 0 radical (unpaired) electrons. The lowest BCUT2D eigenvalue weighted by Gasteiger charge is -2.36. The van der Waals surface area contributed by atoms with Gasteiger partial charge < -0.3 is 4.90 Å². The zero-order valence-electron chi connectivity index (χ0n) is 21.6. The van der Waals surface area contributed by atoms with Gasteiger partial charge in [-0.3, -0.25) is 19.1 Å². The number of unbranched alkanes of at least 4 members (excludes halogenated alkanes) is 4. The molecule has 3 rings (SSSR count). The van der Waals surface area contributed by atoms with Gasteiger partial charge in [0.2, 0.25) is 0 Å². The number of aromatic nitrogens is 1. The summed E-state index contributed by atoms with van der Waals surface area (Å²) in [4.78, 5) is 31.3. The number of piperidine rings is 1. The van der Waals surface area contributed by atoms with Crippen molar-refractivity contribution in [2.45, 2.75) is 85.6 Å². The molecular formula is C27H38N4O2S2. The largest absolute Gasteiger partial charge is 0.357 e. The van der Waals surface area contributed by atoms with E-state index in [0.29, 0.717) is 33.8 Å². The van der Waals surface area contributed by atoms with Crippen molar-refractivity contribution in [3.8, 4) is 6.07 Å². The minimum Gasteiger partial charge on any atom is -0.357 e. The molecule has 0 N–H and O–H groups in total. The number of anilines is 1. The molecule has 1 amide bonds. The van der Waals surface area contributed by atoms with Gasteiger partial charge in [-0.25, -0.2) is 0 Å². The lowest BCUT2D eigenvalue weighted by atomic mass is 9.98. The van der Waals surface area contributed by atoms with Crippen molar-refractivity contribution in [3.63, 3.8) is 0 Å². The summed E-state index contributed by atoms with van der Waals surface area (Å²) in [6.07, 6.45) is 10.2. The molecule has 2 aliphatic rings. The quantitative estimate of drug-likeness (QED) is 0.222. The van der Waals surface area contributed by atoms with Gasteiger partial charge in [-0.15, -0.1) is 0 Å². The van der Waals surface area contributed by atoms with Crippen molar-refractivity contribution >= 4 is 46.1 Å². The van der Waals surface area contributed by atoms with E-state index >= 15 is 0 Å². The number of thioether (sulfide) groups is 1. The third-order valence-corrected chi connectivity index (χ3v) is 8.30. The zero-order valence-corrected chi connectivity index (χ0v) is 23.2. The van der Waals surface area contributed by atoms with Crippen LogP contribution in [0.2, 0.25) is 0 Å². The molecule has 0 aliphatic carbocycles. The number of amides is 1. The van der Waals surface area contributed by atoms with Gasteiger partial charge in [0.25, 0.3) is 11.5 Å². The van der Waals surface area contributed by atoms with Crippen LogP contribution >= 0.6 is 24.0 Å². The first-order chi connectivity index (χ1) is 16.8. The Morgan fingerprint density at radius 3 is 2.54 bits per heavy atom. The van der Waals surface area contributed by atoms with Crippen LogP contribution in [0.4, 0.5) is 5.82 Å². The molecule has 1 atom stereocenters. The average molecular weight is 515 g/mol. The smallest absolute Gasteiger partial charge is 0.270 e. The van der Waals surface area contributed by atoms with Gasteiger partial charge in [0.15, 0.2) is 0 Å². The lowest BCUT2D eigenvalue weighted by molar-refractivity contribution is -0.122. The highest BCUT2D eigenvalue weighted by molar-refractivity contribution is 8.26. The van der Waals surface area contributed by atoms with Gasteiger partial charge in [-0.2, -0.15) is 5.26 Å². The molecule has 6 nitrogen and oxygen atoms in total. The summed E-state index contributed by atoms with van der Waals surface area (Å²) in [5.74, 6) is 1.29. The van der Waals surface area contributed by atoms with Gasteiger partial charge in [0.05, 0.1) is 4.91 Å². The molecular weight excluding hydrogens is 476 g/mol. The van der Waals surface area contributed by atoms with E-state index in [1.807, 2.05) is 13.0 Å². The number of hydrogen-bond donors (Lipinski definition) is 0. The highest BCUT2D eigenvalue weighted by Crippen LogP contribution is 2.37. The summed E-state index contributed by atoms with van der Waals surface area (Å²) < 4.78 is 2.37. The number of pyridine rings is 1. The van der Waals surface area contributed by atoms with Crippen molar-refractivity contribution < 1.29 is 4.79 Å². The molecule has 1 unspecified atom stereocenters. The van der Waals surface area contributed by atoms with Gasteiger partial charge in [-0.05, 0) is 50.2 Å². The average Bonchev–Trinajstić information content (AvgIpc) is 3.10. The second kappa shape index (κ2) is 12.7. The number of rotatable bonds is 10. The lowest BCUT2D eigenvalue weighted by Crippen LogP contribution is -2.40. The second-order valence-corrected chi connectivity index (χ2v) is 11.4. The van der Waals surface area contributed by atoms with Gasteiger partial charge in [0.1, 0.15) is 21.8 Å². The minimum absolute atomic E-state index is 0.0707. The third-order valence-electron chi connectivity index (χ3n) is 6.92. The molecule has 0 spiro atoms. The van der Waals surface area contributed by atoms with E-state index in [1.54, 1.807) is 9.47 Å². The maximum Gasteiger partial charge on any atom is 0.270 e. The Kier molecular flexibility index (Phi) is 9.99. The van der Waals surface area contributed by atoms with Crippen molar-refractivity contribution in [3.05, 3.63) is 31.9 Å². The SMILES string of the molecule is CCCCCCN1C(=O)/C(=C\c2c(C)c(C#N)c(=O)n(CCCC)c2N2CCCC(C)C2)SC1=S. The number of carbonyl (C=O) groups excluding carboxylic acids is 1. The normalized spacial score (nSPS) is 19.6. The zero-order chi connectivity index (χ0) is 25.5. The van der Waals surface area contributed by atoms with Crippen LogP contribution < -0.4 is 10.5 Å². The van der Waals surface area contributed by atoms with Gasteiger partial charge in [-0.1, -0.05) is 70.4 Å². The van der Waals surface area contributed by atoms with Crippen LogP contribution in [0.5, 0.6) is 0 Å². The number of nitriles is 1. The Hall–Kier alpha value is -2.11. The van der Waals surface area contributed by atoms with Crippen LogP contribution in [0.1, 0.15) is 88.8 Å². The predicted molar refractivity (Wildman–Crippen MR) is 150 cm³/mol. The number of hydrogen-bond acceptors (Lipinski definition) is 6. The van der Waals surface area contributed by atoms with Crippen molar-refractivity contribution in [1.82, 2.24) is 9.47 Å². The summed E-state index contributed by atoms with van der Waals surface area (Å²) in [5.41, 5.74) is 1.38. The molecule has 8 heteroatoms. The Morgan fingerprint density at radius 1 is 1.14 bits per heavy atom. The van der Waals surface area contributed by atoms with Gasteiger partial charge >= 0.3 is 0 Å². The number of nitrogens with zero attached hydrogens (tertiary/aromatic N) is 4. The van der Waals surface area contributed by atoms with Crippen LogP contribution in [0, 0.1) is 24.2 Å². The van der Waals surface area contributed by atoms with E-state index in [0.717, 1.165) is 75.8 Å². The maximum atomic E-state index is 13.4. The van der Waals surface area contributed by atoms with E-state index < -0.39 is 0 Å². The van der Waals surface area contributed by atoms with E-state index in [1.165, 1.54) is 11.8 Å². The van der Waals surface area contributed by atoms with Crippen LogP contribution in [-0.4, -0.2) is 39.3 Å². The van der Waals surface area contributed by atoms with Crippen LogP contribution in [0.15, 0.2) is 9.70 Å². The second-order valence-electron chi connectivity index (χ2n) is 9.75. The third kappa shape index (κ3) is 6.18. The molecule has 35 heavy (non-hydrogen) atoms. The monoisotopic (exact) mass is 514 g/mol. The van der Waals surface area contributed by atoms with Crippen LogP contribution in [-0.2, 0) is 11.3 Å². The fraction of sp³-hybridized carbons (Fsp3) is 0.630. The predicted octanol–water partition coefficient (Wildman–Crippen LogP) is 5.85. The Bertz CT molecular complexity index is 1090. The Balaban J connectivity index is 2.10. The van der Waals surface area contributed by atoms with E-state index in [-0.39, 0.29) is 17.0 Å². The van der Waals surface area contributed by atoms with E-state index in [2.05, 4.69) is 31.7 Å². The molecule has 0 aromatic carbocycles. The molecule has 0 bridgehead atoms. The highest BCUT2D eigenvalue weighted by Gasteiger charge is 2.33. The van der Waals surface area contributed by atoms with Gasteiger partial charge in [0, 0.05) is 31.7 Å². The summed E-state index contributed by atoms with van der Waals surface area (Å²) in [6, 6.07) is 2.14. The van der Waals surface area contributed by atoms with Crippen molar-refractivity contribution in [2.75, 3.05) is 24.5 Å². The molecule has 2 saturated heterocycles. The topological polar surface area (TPSA) is 69.3 Å². The van der Waals surface area contributed by atoms with E-state index in [4.69, 9.17) is 12.2 Å². The molecule has 0 saturated carbocycles. The first-order valence-electron chi connectivity index (χ1n) is 13.0. The summed E-state index contributed by atoms with van der Waals surface area (Å²) >= 11 is 6.88. The summed E-state index contributed by atoms with van der Waals surface area (Å²) in [6.45, 7) is 11.2. The Labute approximate surface area is 219 Å². The van der Waals surface area contributed by atoms with Crippen LogP contribution in [0.3, 0.4) is 0 Å². The van der Waals surface area contributed by atoms with Crippen molar-refractivity contribution in [1.29, 1.82) is 5.26 Å². The fourth-order valence-electron chi connectivity index (χ4n) is 4.91. The molecule has 1 aromatic heterocycles. The standard InChI is InChI=1S/C27H38N4O2S2/c1-5-7-9-10-15-31-26(33)23(35-27(31)34)16-21-20(4)22(17-28)25(32)30(14-8-6-2)24(21)29-13-11-12-19(3)18-29/h16,19H,5-15,18H2,1-4H3/b23-16+. The molecule has 1 aromatic rings. The fourth-order valence-corrected chi connectivity index (χ4v) is 6.20. The first-order valence-corrected chi connectivity index (χ1v) is 14.2. The molecule has 190 valence electrons. The molecule has 2 fully saturated rings. The van der Waals surface area contributed by atoms with Crippen LogP contribution in [0.25, 0.3) is 6.08 Å². The molecule has 2 aliphatic heterocycles. The van der Waals surface area contributed by atoms with E-state index in [9.17, 15) is 14.9 Å². The summed E-state index contributed by atoms with van der Waals surface area (Å²) in [5, 5.41) is 9.86. The molecule has 3 heterocycles.